The van der Waals surface area contributed by atoms with Gasteiger partial charge in [-0.05, 0) is 39.2 Å². The summed E-state index contributed by atoms with van der Waals surface area (Å²) in [4.78, 5) is 2.42. The van der Waals surface area contributed by atoms with Crippen LogP contribution in [0.3, 0.4) is 0 Å². The lowest BCUT2D eigenvalue weighted by Crippen LogP contribution is -2.41. The van der Waals surface area contributed by atoms with Crippen molar-refractivity contribution in [1.82, 2.24) is 14.7 Å². The highest BCUT2D eigenvalue weighted by Crippen LogP contribution is 2.30. The van der Waals surface area contributed by atoms with Crippen LogP contribution in [0.15, 0.2) is 12.4 Å². The standard InChI is InChI=1S/C15H28N4O/c1-4-13(16)14(12-10-17-18(3)11-12)19-8-5-6-15(2,20)7-9-19/h10-11,13-14,20H,4-9,16H2,1-3H3. The normalized spacial score (nSPS) is 28.1. The van der Waals surface area contributed by atoms with Crippen molar-refractivity contribution < 1.29 is 5.11 Å². The number of rotatable bonds is 4. The van der Waals surface area contributed by atoms with E-state index in [4.69, 9.17) is 5.73 Å². The lowest BCUT2D eigenvalue weighted by Gasteiger charge is -2.34. The van der Waals surface area contributed by atoms with Crippen LogP contribution in [0.25, 0.3) is 0 Å². The molecule has 0 aromatic carbocycles. The lowest BCUT2D eigenvalue weighted by molar-refractivity contribution is 0.0422. The molecule has 114 valence electrons. The van der Waals surface area contributed by atoms with Crippen LogP contribution in [0.1, 0.15) is 51.1 Å². The predicted octanol–water partition coefficient (Wildman–Crippen LogP) is 1.44. The first-order valence-corrected chi connectivity index (χ1v) is 7.63. The van der Waals surface area contributed by atoms with Gasteiger partial charge in [0.2, 0.25) is 0 Å². The predicted molar refractivity (Wildman–Crippen MR) is 80.3 cm³/mol. The SMILES string of the molecule is CCC(N)C(c1cnn(C)c1)N1CCCC(C)(O)CC1. The highest BCUT2D eigenvalue weighted by Gasteiger charge is 2.31. The first-order chi connectivity index (χ1) is 9.43. The Morgan fingerprint density at radius 1 is 1.45 bits per heavy atom. The van der Waals surface area contributed by atoms with Crippen molar-refractivity contribution in [2.24, 2.45) is 12.8 Å². The Balaban J connectivity index is 2.18. The molecule has 1 fully saturated rings. The number of hydrogen-bond acceptors (Lipinski definition) is 4. The molecule has 0 bridgehead atoms. The Hall–Kier alpha value is -0.910. The monoisotopic (exact) mass is 280 g/mol. The molecule has 2 rings (SSSR count). The van der Waals surface area contributed by atoms with Gasteiger partial charge in [0.15, 0.2) is 0 Å². The largest absolute Gasteiger partial charge is 0.390 e. The second-order valence-corrected chi connectivity index (χ2v) is 6.35. The summed E-state index contributed by atoms with van der Waals surface area (Å²) < 4.78 is 1.83. The number of aliphatic hydroxyl groups is 1. The maximum Gasteiger partial charge on any atom is 0.0632 e. The molecule has 0 spiro atoms. The fraction of sp³-hybridized carbons (Fsp3) is 0.800. The summed E-state index contributed by atoms with van der Waals surface area (Å²) in [5.74, 6) is 0. The average molecular weight is 280 g/mol. The molecule has 1 saturated heterocycles. The van der Waals surface area contributed by atoms with Crippen molar-refractivity contribution >= 4 is 0 Å². The van der Waals surface area contributed by atoms with Gasteiger partial charge in [-0.15, -0.1) is 0 Å². The van der Waals surface area contributed by atoms with E-state index in [9.17, 15) is 5.11 Å². The zero-order valence-electron chi connectivity index (χ0n) is 12.9. The van der Waals surface area contributed by atoms with E-state index < -0.39 is 5.60 Å². The number of hydrogen-bond donors (Lipinski definition) is 2. The second-order valence-electron chi connectivity index (χ2n) is 6.35. The number of aryl methyl sites for hydroxylation is 1. The van der Waals surface area contributed by atoms with Gasteiger partial charge in [0, 0.05) is 31.4 Å². The summed E-state index contributed by atoms with van der Waals surface area (Å²) in [5, 5.41) is 14.5. The molecule has 1 aromatic rings. The third-order valence-electron chi connectivity index (χ3n) is 4.43. The molecule has 1 aromatic heterocycles. The summed E-state index contributed by atoms with van der Waals surface area (Å²) in [5.41, 5.74) is 7.01. The van der Waals surface area contributed by atoms with E-state index in [0.29, 0.717) is 0 Å². The lowest BCUT2D eigenvalue weighted by atomic mass is 9.97. The molecule has 3 unspecified atom stereocenters. The molecule has 0 radical (unpaired) electrons. The van der Waals surface area contributed by atoms with E-state index in [-0.39, 0.29) is 12.1 Å². The zero-order valence-corrected chi connectivity index (χ0v) is 12.9. The van der Waals surface area contributed by atoms with Gasteiger partial charge in [-0.3, -0.25) is 9.58 Å². The summed E-state index contributed by atoms with van der Waals surface area (Å²) in [6.07, 6.45) is 7.60. The topological polar surface area (TPSA) is 67.3 Å². The molecule has 1 aliphatic rings. The number of nitrogens with zero attached hydrogens (tertiary/aromatic N) is 3. The van der Waals surface area contributed by atoms with Crippen LogP contribution in [-0.4, -0.2) is 44.5 Å². The van der Waals surface area contributed by atoms with Crippen molar-refractivity contribution in [3.05, 3.63) is 18.0 Å². The van der Waals surface area contributed by atoms with Gasteiger partial charge >= 0.3 is 0 Å². The van der Waals surface area contributed by atoms with Crippen LogP contribution in [0, 0.1) is 0 Å². The first-order valence-electron chi connectivity index (χ1n) is 7.63. The molecule has 0 amide bonds. The summed E-state index contributed by atoms with van der Waals surface area (Å²) in [6, 6.07) is 0.296. The van der Waals surface area contributed by atoms with Crippen LogP contribution >= 0.6 is 0 Å². The zero-order chi connectivity index (χ0) is 14.8. The number of aromatic nitrogens is 2. The summed E-state index contributed by atoms with van der Waals surface area (Å²) >= 11 is 0. The molecular formula is C15H28N4O. The minimum Gasteiger partial charge on any atom is -0.390 e. The maximum absolute atomic E-state index is 10.3. The smallest absolute Gasteiger partial charge is 0.0632 e. The van der Waals surface area contributed by atoms with Crippen molar-refractivity contribution in [2.75, 3.05) is 13.1 Å². The van der Waals surface area contributed by atoms with E-state index >= 15 is 0 Å². The molecule has 2 heterocycles. The van der Waals surface area contributed by atoms with Gasteiger partial charge in [0.25, 0.3) is 0 Å². The van der Waals surface area contributed by atoms with Crippen LogP contribution in [0.4, 0.5) is 0 Å². The van der Waals surface area contributed by atoms with Gasteiger partial charge < -0.3 is 10.8 Å². The van der Waals surface area contributed by atoms with Crippen molar-refractivity contribution in [3.8, 4) is 0 Å². The van der Waals surface area contributed by atoms with Crippen molar-refractivity contribution in [2.45, 2.75) is 57.2 Å². The molecule has 3 N–H and O–H groups in total. The summed E-state index contributed by atoms with van der Waals surface area (Å²) in [7, 11) is 1.94. The molecular weight excluding hydrogens is 252 g/mol. The van der Waals surface area contributed by atoms with Crippen LogP contribution in [-0.2, 0) is 7.05 Å². The molecule has 20 heavy (non-hydrogen) atoms. The van der Waals surface area contributed by atoms with E-state index in [1.807, 2.05) is 24.9 Å². The third kappa shape index (κ3) is 3.59. The first kappa shape index (κ1) is 15.5. The fourth-order valence-electron chi connectivity index (χ4n) is 3.11. The van der Waals surface area contributed by atoms with Crippen LogP contribution < -0.4 is 5.73 Å². The Morgan fingerprint density at radius 2 is 2.20 bits per heavy atom. The van der Waals surface area contributed by atoms with Gasteiger partial charge in [-0.2, -0.15) is 5.10 Å². The molecule has 0 saturated carbocycles. The van der Waals surface area contributed by atoms with Gasteiger partial charge in [0.1, 0.15) is 0 Å². The third-order valence-corrected chi connectivity index (χ3v) is 4.43. The molecule has 1 aliphatic heterocycles. The second kappa shape index (κ2) is 6.24. The summed E-state index contributed by atoms with van der Waals surface area (Å²) in [6.45, 7) is 5.95. The minimum absolute atomic E-state index is 0.0993. The minimum atomic E-state index is -0.537. The number of nitrogens with two attached hydrogens (primary N) is 1. The maximum atomic E-state index is 10.3. The van der Waals surface area contributed by atoms with E-state index in [0.717, 1.165) is 38.8 Å². The quantitative estimate of drug-likeness (QED) is 0.875. The molecule has 3 atom stereocenters. The van der Waals surface area contributed by atoms with Gasteiger partial charge in [-0.1, -0.05) is 6.92 Å². The van der Waals surface area contributed by atoms with E-state index in [1.165, 1.54) is 5.56 Å². The van der Waals surface area contributed by atoms with Crippen molar-refractivity contribution in [1.29, 1.82) is 0 Å². The van der Waals surface area contributed by atoms with Crippen LogP contribution in [0.2, 0.25) is 0 Å². The molecule has 5 heteroatoms. The average Bonchev–Trinajstić information content (AvgIpc) is 2.73. The molecule has 0 aliphatic carbocycles. The number of likely N-dealkylation sites (tertiary alicyclic amines) is 1. The Bertz CT molecular complexity index is 429. The Labute approximate surface area is 121 Å². The Kier molecular flexibility index (Phi) is 4.83. The molecule has 5 nitrogen and oxygen atoms in total. The highest BCUT2D eigenvalue weighted by atomic mass is 16.3. The van der Waals surface area contributed by atoms with Crippen molar-refractivity contribution in [3.63, 3.8) is 0 Å². The fourth-order valence-corrected chi connectivity index (χ4v) is 3.11. The van der Waals surface area contributed by atoms with E-state index in [2.05, 4.69) is 23.1 Å². The van der Waals surface area contributed by atoms with Gasteiger partial charge in [-0.25, -0.2) is 0 Å². The Morgan fingerprint density at radius 3 is 2.80 bits per heavy atom. The van der Waals surface area contributed by atoms with Crippen LogP contribution in [0.5, 0.6) is 0 Å². The highest BCUT2D eigenvalue weighted by molar-refractivity contribution is 5.13. The van der Waals surface area contributed by atoms with E-state index in [1.54, 1.807) is 0 Å². The van der Waals surface area contributed by atoms with Gasteiger partial charge in [0.05, 0.1) is 17.8 Å².